The lowest BCUT2D eigenvalue weighted by molar-refractivity contribution is -0.167. The molecule has 0 rings (SSSR count). The first-order valence-electron chi connectivity index (χ1n) is 34.0. The lowest BCUT2D eigenvalue weighted by atomic mass is 10.0. The maximum atomic E-state index is 12.8. The average Bonchev–Trinajstić information content (AvgIpc) is 3.42. The van der Waals surface area contributed by atoms with Crippen molar-refractivity contribution in [1.29, 1.82) is 0 Å². The number of ether oxygens (including phenoxy) is 3. The van der Waals surface area contributed by atoms with Crippen molar-refractivity contribution in [2.45, 2.75) is 380 Å². The fraction of sp³-hybridized carbons (Fsp3) is 0.871. The molecule has 0 aliphatic carbocycles. The van der Waals surface area contributed by atoms with Crippen LogP contribution in [0, 0.1) is 0 Å². The molecule has 0 heterocycles. The van der Waals surface area contributed by atoms with Crippen molar-refractivity contribution >= 4 is 17.9 Å². The Bertz CT molecular complexity index is 1270. The average molecular weight is 1070 g/mol. The maximum absolute atomic E-state index is 12.8. The Balaban J connectivity index is 3.92. The van der Waals surface area contributed by atoms with Crippen molar-refractivity contribution in [2.24, 2.45) is 0 Å². The summed E-state index contributed by atoms with van der Waals surface area (Å²) in [6.45, 7) is 6.54. The van der Waals surface area contributed by atoms with Crippen molar-refractivity contribution in [2.75, 3.05) is 13.2 Å². The minimum atomic E-state index is -0.777. The molecular weight excluding hydrogens is 937 g/mol. The van der Waals surface area contributed by atoms with E-state index in [1.54, 1.807) is 0 Å². The van der Waals surface area contributed by atoms with Crippen LogP contribution >= 0.6 is 0 Å². The second-order valence-electron chi connectivity index (χ2n) is 23.1. The highest BCUT2D eigenvalue weighted by molar-refractivity contribution is 5.71. The summed E-state index contributed by atoms with van der Waals surface area (Å²) in [4.78, 5) is 38.1. The molecule has 0 aromatic carbocycles. The van der Waals surface area contributed by atoms with E-state index in [9.17, 15) is 14.4 Å². The molecule has 6 nitrogen and oxygen atoms in total. The quantitative estimate of drug-likeness (QED) is 0.0261. The van der Waals surface area contributed by atoms with Crippen LogP contribution in [0.5, 0.6) is 0 Å². The zero-order valence-corrected chi connectivity index (χ0v) is 51.3. The Hall–Kier alpha value is -2.37. The summed E-state index contributed by atoms with van der Waals surface area (Å²) in [6.07, 6.45) is 80.8. The summed E-state index contributed by atoms with van der Waals surface area (Å²) in [5.74, 6) is -0.877. The molecule has 0 saturated carbocycles. The number of hydrogen-bond acceptors (Lipinski definition) is 6. The Morgan fingerprint density at radius 2 is 0.513 bits per heavy atom. The standard InChI is InChI=1S/C70H130O6/c1-4-7-10-13-16-19-21-23-25-26-27-28-29-30-31-32-33-34-35-36-37-38-39-40-41-42-43-44-46-47-49-51-54-57-60-63-69(72)75-66-67(65-74-68(71)62-59-56-53-18-15-12-9-6-3)76-70(73)64-61-58-55-52-50-48-45-24-22-20-17-14-11-8-5-2/h8,11,17,20,24,45,67H,4-7,9-10,12-16,18-19,21-23,25-44,46-66H2,1-3H3/b11-8-,20-17-,45-24-. The Kier molecular flexibility index (Phi) is 63.1. The van der Waals surface area contributed by atoms with E-state index in [4.69, 9.17) is 14.2 Å². The summed E-state index contributed by atoms with van der Waals surface area (Å²) in [5.41, 5.74) is 0. The topological polar surface area (TPSA) is 78.9 Å². The van der Waals surface area contributed by atoms with Crippen molar-refractivity contribution < 1.29 is 28.6 Å². The maximum Gasteiger partial charge on any atom is 0.306 e. The predicted molar refractivity (Wildman–Crippen MR) is 330 cm³/mol. The van der Waals surface area contributed by atoms with Gasteiger partial charge >= 0.3 is 17.9 Å². The zero-order chi connectivity index (χ0) is 55.0. The van der Waals surface area contributed by atoms with Gasteiger partial charge in [0.1, 0.15) is 13.2 Å². The van der Waals surface area contributed by atoms with E-state index in [1.165, 1.54) is 238 Å². The first-order chi connectivity index (χ1) is 37.5. The number of hydrogen-bond donors (Lipinski definition) is 0. The summed E-state index contributed by atoms with van der Waals surface area (Å²) < 4.78 is 16.8. The van der Waals surface area contributed by atoms with Crippen LogP contribution in [-0.2, 0) is 28.6 Å². The number of carbonyl (C=O) groups excluding carboxylic acids is 3. The molecule has 0 saturated heterocycles. The molecule has 0 spiro atoms. The van der Waals surface area contributed by atoms with Crippen molar-refractivity contribution in [3.63, 3.8) is 0 Å². The Labute approximate surface area is 474 Å². The molecule has 0 bridgehead atoms. The fourth-order valence-electron chi connectivity index (χ4n) is 10.3. The first-order valence-corrected chi connectivity index (χ1v) is 34.0. The Morgan fingerprint density at radius 1 is 0.276 bits per heavy atom. The van der Waals surface area contributed by atoms with E-state index in [0.717, 1.165) is 96.3 Å². The van der Waals surface area contributed by atoms with Crippen LogP contribution in [0.2, 0.25) is 0 Å². The monoisotopic (exact) mass is 1070 g/mol. The molecule has 446 valence electrons. The van der Waals surface area contributed by atoms with Crippen LogP contribution in [0.1, 0.15) is 374 Å². The van der Waals surface area contributed by atoms with Gasteiger partial charge in [0.25, 0.3) is 0 Å². The highest BCUT2D eigenvalue weighted by Crippen LogP contribution is 2.19. The van der Waals surface area contributed by atoms with Crippen LogP contribution < -0.4 is 0 Å². The van der Waals surface area contributed by atoms with Crippen LogP contribution in [-0.4, -0.2) is 37.2 Å². The molecule has 0 amide bonds. The van der Waals surface area contributed by atoms with Gasteiger partial charge in [0.15, 0.2) is 6.10 Å². The van der Waals surface area contributed by atoms with Gasteiger partial charge in [-0.2, -0.15) is 0 Å². The molecule has 0 aliphatic heterocycles. The Morgan fingerprint density at radius 3 is 0.803 bits per heavy atom. The number of unbranched alkanes of at least 4 members (excludes halogenated alkanes) is 46. The van der Waals surface area contributed by atoms with Gasteiger partial charge in [-0.15, -0.1) is 0 Å². The van der Waals surface area contributed by atoms with E-state index in [2.05, 4.69) is 57.2 Å². The highest BCUT2D eigenvalue weighted by Gasteiger charge is 2.19. The lowest BCUT2D eigenvalue weighted by Crippen LogP contribution is -2.30. The van der Waals surface area contributed by atoms with Crippen LogP contribution in [0.25, 0.3) is 0 Å². The molecule has 0 aliphatic rings. The van der Waals surface area contributed by atoms with Gasteiger partial charge < -0.3 is 14.2 Å². The number of rotatable bonds is 63. The normalized spacial score (nSPS) is 12.2. The van der Waals surface area contributed by atoms with Crippen LogP contribution in [0.3, 0.4) is 0 Å². The minimum Gasteiger partial charge on any atom is -0.462 e. The third kappa shape index (κ3) is 62.5. The van der Waals surface area contributed by atoms with Gasteiger partial charge in [-0.05, 0) is 51.4 Å². The largest absolute Gasteiger partial charge is 0.462 e. The predicted octanol–water partition coefficient (Wildman–Crippen LogP) is 23.2. The molecule has 0 aromatic heterocycles. The van der Waals surface area contributed by atoms with Crippen molar-refractivity contribution in [3.05, 3.63) is 36.5 Å². The third-order valence-electron chi connectivity index (χ3n) is 15.4. The fourth-order valence-corrected chi connectivity index (χ4v) is 10.3. The summed E-state index contributed by atoms with van der Waals surface area (Å²) in [5, 5.41) is 0. The second kappa shape index (κ2) is 65.2. The SMILES string of the molecule is CC/C=C\C/C=C\C/C=C\CCCCCCCC(=O)OC(COC(=O)CCCCCCCCCC)COC(=O)CCCCCCCCCCCCCCCCCCCCCCCCCCCCCCCCCCCCC. The lowest BCUT2D eigenvalue weighted by Gasteiger charge is -2.18. The zero-order valence-electron chi connectivity index (χ0n) is 51.3. The van der Waals surface area contributed by atoms with E-state index < -0.39 is 6.10 Å². The summed E-state index contributed by atoms with van der Waals surface area (Å²) in [6, 6.07) is 0. The third-order valence-corrected chi connectivity index (χ3v) is 15.4. The number of carbonyl (C=O) groups is 3. The second-order valence-corrected chi connectivity index (χ2v) is 23.1. The van der Waals surface area contributed by atoms with Gasteiger partial charge in [0.2, 0.25) is 0 Å². The molecule has 76 heavy (non-hydrogen) atoms. The van der Waals surface area contributed by atoms with Crippen molar-refractivity contribution in [1.82, 2.24) is 0 Å². The first kappa shape index (κ1) is 73.6. The molecule has 0 aromatic rings. The van der Waals surface area contributed by atoms with E-state index in [0.29, 0.717) is 19.3 Å². The smallest absolute Gasteiger partial charge is 0.306 e. The van der Waals surface area contributed by atoms with Gasteiger partial charge in [-0.25, -0.2) is 0 Å². The van der Waals surface area contributed by atoms with E-state index >= 15 is 0 Å². The van der Waals surface area contributed by atoms with Gasteiger partial charge in [0, 0.05) is 19.3 Å². The van der Waals surface area contributed by atoms with E-state index in [1.807, 2.05) is 0 Å². The number of esters is 3. The number of allylic oxidation sites excluding steroid dienone is 6. The molecule has 6 heteroatoms. The van der Waals surface area contributed by atoms with Gasteiger partial charge in [-0.3, -0.25) is 14.4 Å². The van der Waals surface area contributed by atoms with Crippen LogP contribution in [0.15, 0.2) is 36.5 Å². The van der Waals surface area contributed by atoms with Gasteiger partial charge in [-0.1, -0.05) is 340 Å². The molecule has 0 radical (unpaired) electrons. The van der Waals surface area contributed by atoms with Crippen molar-refractivity contribution in [3.8, 4) is 0 Å². The molecule has 1 atom stereocenters. The van der Waals surface area contributed by atoms with E-state index in [-0.39, 0.29) is 31.1 Å². The highest BCUT2D eigenvalue weighted by atomic mass is 16.6. The molecular formula is C70H130O6. The minimum absolute atomic E-state index is 0.0749. The molecule has 0 fully saturated rings. The molecule has 1 unspecified atom stereocenters. The summed E-state index contributed by atoms with van der Waals surface area (Å²) in [7, 11) is 0. The molecule has 0 N–H and O–H groups in total. The van der Waals surface area contributed by atoms with Crippen LogP contribution in [0.4, 0.5) is 0 Å². The summed E-state index contributed by atoms with van der Waals surface area (Å²) >= 11 is 0. The van der Waals surface area contributed by atoms with Gasteiger partial charge in [0.05, 0.1) is 0 Å².